The first-order valence-corrected chi connectivity index (χ1v) is 4.34. The van der Waals surface area contributed by atoms with Crippen LogP contribution in [0.15, 0.2) is 17.5 Å². The highest BCUT2D eigenvalue weighted by atomic mass is 32.1. The normalized spacial score (nSPS) is 16.4. The summed E-state index contributed by atoms with van der Waals surface area (Å²) in [7, 11) is 0. The SMILES string of the molecule is NC(C(O)O)C(O)c1cccs1. The van der Waals surface area contributed by atoms with Gasteiger partial charge in [-0.1, -0.05) is 6.07 Å². The Morgan fingerprint density at radius 3 is 2.42 bits per heavy atom. The number of aliphatic hydroxyl groups is 3. The molecule has 0 radical (unpaired) electrons. The molecule has 0 fully saturated rings. The Morgan fingerprint density at radius 1 is 1.33 bits per heavy atom. The Kier molecular flexibility index (Phi) is 3.19. The highest BCUT2D eigenvalue weighted by Gasteiger charge is 2.23. The first-order chi connectivity index (χ1) is 5.63. The first kappa shape index (κ1) is 9.63. The third kappa shape index (κ3) is 2.02. The molecule has 68 valence electrons. The molecule has 4 nitrogen and oxygen atoms in total. The van der Waals surface area contributed by atoms with Crippen LogP contribution in [0.3, 0.4) is 0 Å². The Morgan fingerprint density at radius 2 is 2.00 bits per heavy atom. The summed E-state index contributed by atoms with van der Waals surface area (Å²) in [6.45, 7) is 0. The van der Waals surface area contributed by atoms with Crippen molar-refractivity contribution in [2.45, 2.75) is 18.4 Å². The predicted molar refractivity (Wildman–Crippen MR) is 45.5 cm³/mol. The lowest BCUT2D eigenvalue weighted by Crippen LogP contribution is -2.39. The summed E-state index contributed by atoms with van der Waals surface area (Å²) in [5.74, 6) is 0. The molecule has 0 amide bonds. The molecule has 1 aromatic heterocycles. The fourth-order valence-electron chi connectivity index (χ4n) is 0.812. The van der Waals surface area contributed by atoms with Crippen molar-refractivity contribution in [3.63, 3.8) is 0 Å². The van der Waals surface area contributed by atoms with E-state index in [0.29, 0.717) is 4.88 Å². The van der Waals surface area contributed by atoms with Crippen LogP contribution in [0.25, 0.3) is 0 Å². The fraction of sp³-hybridized carbons (Fsp3) is 0.429. The minimum Gasteiger partial charge on any atom is -0.386 e. The molecule has 5 N–H and O–H groups in total. The fourth-order valence-corrected chi connectivity index (χ4v) is 1.58. The molecule has 2 unspecified atom stereocenters. The quantitative estimate of drug-likeness (QED) is 0.479. The van der Waals surface area contributed by atoms with E-state index in [1.165, 1.54) is 11.3 Å². The molecule has 0 saturated carbocycles. The number of hydrogen-bond acceptors (Lipinski definition) is 5. The van der Waals surface area contributed by atoms with Gasteiger partial charge in [0, 0.05) is 4.88 Å². The van der Waals surface area contributed by atoms with Crippen molar-refractivity contribution in [1.82, 2.24) is 0 Å². The predicted octanol–water partition coefficient (Wildman–Crippen LogP) is -0.581. The van der Waals surface area contributed by atoms with Gasteiger partial charge in [0.2, 0.25) is 0 Å². The van der Waals surface area contributed by atoms with E-state index in [0.717, 1.165) is 0 Å². The Balaban J connectivity index is 2.65. The van der Waals surface area contributed by atoms with Crippen LogP contribution < -0.4 is 5.73 Å². The number of hydrogen-bond donors (Lipinski definition) is 4. The van der Waals surface area contributed by atoms with Crippen molar-refractivity contribution >= 4 is 11.3 Å². The molecule has 0 saturated heterocycles. The van der Waals surface area contributed by atoms with Gasteiger partial charge in [-0.2, -0.15) is 0 Å². The second kappa shape index (κ2) is 3.97. The first-order valence-electron chi connectivity index (χ1n) is 3.46. The lowest BCUT2D eigenvalue weighted by atomic mass is 10.1. The van der Waals surface area contributed by atoms with E-state index < -0.39 is 18.4 Å². The molecule has 0 aliphatic heterocycles. The van der Waals surface area contributed by atoms with Gasteiger partial charge >= 0.3 is 0 Å². The van der Waals surface area contributed by atoms with Crippen LogP contribution in [-0.2, 0) is 0 Å². The maximum atomic E-state index is 9.41. The van der Waals surface area contributed by atoms with E-state index in [1.54, 1.807) is 17.5 Å². The summed E-state index contributed by atoms with van der Waals surface area (Å²) in [4.78, 5) is 0.635. The van der Waals surface area contributed by atoms with E-state index in [2.05, 4.69) is 0 Å². The second-order valence-corrected chi connectivity index (χ2v) is 3.43. The van der Waals surface area contributed by atoms with Crippen LogP contribution in [0.4, 0.5) is 0 Å². The molecule has 0 aliphatic rings. The molecular weight excluding hydrogens is 178 g/mol. The molecule has 2 atom stereocenters. The summed E-state index contributed by atoms with van der Waals surface area (Å²) in [5, 5.41) is 28.5. The van der Waals surface area contributed by atoms with Crippen LogP contribution in [-0.4, -0.2) is 27.7 Å². The highest BCUT2D eigenvalue weighted by molar-refractivity contribution is 7.10. The summed E-state index contributed by atoms with van der Waals surface area (Å²) in [6.07, 6.45) is -2.70. The van der Waals surface area contributed by atoms with Gasteiger partial charge in [0.25, 0.3) is 0 Å². The smallest absolute Gasteiger partial charge is 0.169 e. The second-order valence-electron chi connectivity index (χ2n) is 2.45. The van der Waals surface area contributed by atoms with Crippen molar-refractivity contribution < 1.29 is 15.3 Å². The summed E-state index contributed by atoms with van der Waals surface area (Å²) < 4.78 is 0. The van der Waals surface area contributed by atoms with E-state index >= 15 is 0 Å². The molecule has 12 heavy (non-hydrogen) atoms. The third-order valence-corrected chi connectivity index (χ3v) is 2.49. The third-order valence-electron chi connectivity index (χ3n) is 1.54. The molecule has 0 aliphatic carbocycles. The van der Waals surface area contributed by atoms with Crippen molar-refractivity contribution in [3.05, 3.63) is 22.4 Å². The van der Waals surface area contributed by atoms with Gasteiger partial charge in [0.15, 0.2) is 6.29 Å². The summed E-state index contributed by atoms with van der Waals surface area (Å²) >= 11 is 1.32. The van der Waals surface area contributed by atoms with Crippen molar-refractivity contribution in [1.29, 1.82) is 0 Å². The number of nitrogens with two attached hydrogens (primary N) is 1. The van der Waals surface area contributed by atoms with E-state index in [9.17, 15) is 5.11 Å². The number of rotatable bonds is 3. The zero-order valence-electron chi connectivity index (χ0n) is 6.29. The number of aliphatic hydroxyl groups excluding tert-OH is 2. The zero-order chi connectivity index (χ0) is 9.14. The van der Waals surface area contributed by atoms with Gasteiger partial charge in [-0.3, -0.25) is 0 Å². The van der Waals surface area contributed by atoms with Crippen molar-refractivity contribution in [3.8, 4) is 0 Å². The van der Waals surface area contributed by atoms with Crippen LogP contribution in [0.5, 0.6) is 0 Å². The Labute approximate surface area is 73.9 Å². The Bertz CT molecular complexity index is 225. The minimum atomic E-state index is -1.69. The molecule has 0 aromatic carbocycles. The lowest BCUT2D eigenvalue weighted by molar-refractivity contribution is -0.0861. The molecule has 1 aromatic rings. The monoisotopic (exact) mass is 189 g/mol. The van der Waals surface area contributed by atoms with Crippen molar-refractivity contribution in [2.75, 3.05) is 0 Å². The van der Waals surface area contributed by atoms with Gasteiger partial charge in [0.05, 0.1) is 6.04 Å². The average Bonchev–Trinajstić information content (AvgIpc) is 2.53. The molecule has 0 bridgehead atoms. The highest BCUT2D eigenvalue weighted by Crippen LogP contribution is 2.21. The van der Waals surface area contributed by atoms with Gasteiger partial charge in [-0.05, 0) is 11.4 Å². The van der Waals surface area contributed by atoms with Crippen molar-refractivity contribution in [2.24, 2.45) is 5.73 Å². The van der Waals surface area contributed by atoms with Crippen LogP contribution in [0, 0.1) is 0 Å². The van der Waals surface area contributed by atoms with Gasteiger partial charge in [-0.25, -0.2) is 0 Å². The maximum Gasteiger partial charge on any atom is 0.169 e. The summed E-state index contributed by atoms with van der Waals surface area (Å²) in [6, 6.07) is 2.40. The van der Waals surface area contributed by atoms with E-state index in [1.807, 2.05) is 0 Å². The van der Waals surface area contributed by atoms with E-state index in [4.69, 9.17) is 15.9 Å². The van der Waals surface area contributed by atoms with Gasteiger partial charge in [0.1, 0.15) is 6.10 Å². The Hall–Kier alpha value is -0.460. The molecule has 0 spiro atoms. The lowest BCUT2D eigenvalue weighted by Gasteiger charge is -2.18. The molecule has 5 heteroatoms. The largest absolute Gasteiger partial charge is 0.386 e. The van der Waals surface area contributed by atoms with Crippen LogP contribution in [0.2, 0.25) is 0 Å². The van der Waals surface area contributed by atoms with Gasteiger partial charge in [-0.15, -0.1) is 11.3 Å². The topological polar surface area (TPSA) is 86.7 Å². The summed E-state index contributed by atoms with van der Waals surface area (Å²) in [5.41, 5.74) is 5.31. The molecule has 1 rings (SSSR count). The number of thiophene rings is 1. The van der Waals surface area contributed by atoms with Crippen LogP contribution >= 0.6 is 11.3 Å². The van der Waals surface area contributed by atoms with Crippen LogP contribution in [0.1, 0.15) is 11.0 Å². The molecular formula is C7H11NO3S. The zero-order valence-corrected chi connectivity index (χ0v) is 7.11. The maximum absolute atomic E-state index is 9.41. The standard InChI is InChI=1S/C7H11NO3S/c8-5(7(10)11)6(9)4-2-1-3-12-4/h1-3,5-7,9-11H,8H2. The molecule has 1 heterocycles. The minimum absolute atomic E-state index is 0.635. The van der Waals surface area contributed by atoms with E-state index in [-0.39, 0.29) is 0 Å². The van der Waals surface area contributed by atoms with Gasteiger partial charge < -0.3 is 21.1 Å². The average molecular weight is 189 g/mol.